The number of benzene rings is 1. The first-order valence-corrected chi connectivity index (χ1v) is 7.89. The SMILES string of the molecule is CC(C)Cc1nc2ccccc2n1CC1CCNCC1. The number of nitrogens with zero attached hydrogens (tertiary/aromatic N) is 2. The van der Waals surface area contributed by atoms with Crippen LogP contribution in [0.25, 0.3) is 11.0 Å². The molecule has 3 rings (SSSR count). The van der Waals surface area contributed by atoms with Crippen molar-refractivity contribution in [2.75, 3.05) is 13.1 Å². The van der Waals surface area contributed by atoms with E-state index in [0.717, 1.165) is 37.5 Å². The van der Waals surface area contributed by atoms with Gasteiger partial charge in [0.1, 0.15) is 5.82 Å². The molecule has 2 aromatic rings. The summed E-state index contributed by atoms with van der Waals surface area (Å²) in [4.78, 5) is 4.87. The van der Waals surface area contributed by atoms with Crippen LogP contribution in [0.3, 0.4) is 0 Å². The van der Waals surface area contributed by atoms with Crippen LogP contribution < -0.4 is 5.32 Å². The van der Waals surface area contributed by atoms with Crippen molar-refractivity contribution in [2.45, 2.75) is 39.7 Å². The van der Waals surface area contributed by atoms with Crippen LogP contribution in [0.15, 0.2) is 24.3 Å². The molecule has 1 aliphatic rings. The Hall–Kier alpha value is -1.35. The second kappa shape index (κ2) is 5.96. The van der Waals surface area contributed by atoms with Crippen molar-refractivity contribution >= 4 is 11.0 Å². The zero-order valence-electron chi connectivity index (χ0n) is 12.6. The number of fused-ring (bicyclic) bond motifs is 1. The number of piperidine rings is 1. The second-order valence-electron chi connectivity index (χ2n) is 6.42. The van der Waals surface area contributed by atoms with Crippen LogP contribution in [0.4, 0.5) is 0 Å². The molecule has 0 aliphatic carbocycles. The summed E-state index contributed by atoms with van der Waals surface area (Å²) < 4.78 is 2.48. The van der Waals surface area contributed by atoms with Gasteiger partial charge in [0.15, 0.2) is 0 Å². The van der Waals surface area contributed by atoms with Crippen LogP contribution in [-0.4, -0.2) is 22.6 Å². The molecule has 0 bridgehead atoms. The zero-order chi connectivity index (χ0) is 13.9. The molecule has 1 aliphatic heterocycles. The van der Waals surface area contributed by atoms with Crippen LogP contribution in [0.5, 0.6) is 0 Å². The molecule has 3 heteroatoms. The molecular formula is C17H25N3. The molecular weight excluding hydrogens is 246 g/mol. The van der Waals surface area contributed by atoms with E-state index in [1.165, 1.54) is 24.2 Å². The van der Waals surface area contributed by atoms with Crippen LogP contribution >= 0.6 is 0 Å². The van der Waals surface area contributed by atoms with Gasteiger partial charge in [0.05, 0.1) is 11.0 Å². The van der Waals surface area contributed by atoms with Crippen molar-refractivity contribution in [1.29, 1.82) is 0 Å². The van der Waals surface area contributed by atoms with Crippen molar-refractivity contribution in [3.05, 3.63) is 30.1 Å². The molecule has 1 fully saturated rings. The van der Waals surface area contributed by atoms with Crippen LogP contribution in [-0.2, 0) is 13.0 Å². The largest absolute Gasteiger partial charge is 0.328 e. The van der Waals surface area contributed by atoms with Crippen molar-refractivity contribution in [2.24, 2.45) is 11.8 Å². The Kier molecular flexibility index (Phi) is 4.06. The first kappa shape index (κ1) is 13.6. The van der Waals surface area contributed by atoms with Gasteiger partial charge in [-0.05, 0) is 49.9 Å². The van der Waals surface area contributed by atoms with E-state index >= 15 is 0 Å². The van der Waals surface area contributed by atoms with E-state index in [4.69, 9.17) is 4.98 Å². The number of rotatable bonds is 4. The molecule has 0 unspecified atom stereocenters. The molecule has 1 saturated heterocycles. The number of aromatic nitrogens is 2. The number of hydrogen-bond acceptors (Lipinski definition) is 2. The molecule has 0 radical (unpaired) electrons. The van der Waals surface area contributed by atoms with Gasteiger partial charge >= 0.3 is 0 Å². The Morgan fingerprint density at radius 2 is 2.00 bits per heavy atom. The van der Waals surface area contributed by atoms with Crippen molar-refractivity contribution in [1.82, 2.24) is 14.9 Å². The van der Waals surface area contributed by atoms with Gasteiger partial charge in [-0.25, -0.2) is 4.98 Å². The van der Waals surface area contributed by atoms with Crippen molar-refractivity contribution in [3.8, 4) is 0 Å². The summed E-state index contributed by atoms with van der Waals surface area (Å²) in [5.41, 5.74) is 2.46. The van der Waals surface area contributed by atoms with E-state index in [0.29, 0.717) is 5.92 Å². The Labute approximate surface area is 121 Å². The minimum atomic E-state index is 0.651. The average Bonchev–Trinajstić information content (AvgIpc) is 2.77. The van der Waals surface area contributed by atoms with Gasteiger partial charge in [-0.15, -0.1) is 0 Å². The average molecular weight is 271 g/mol. The van der Waals surface area contributed by atoms with E-state index < -0.39 is 0 Å². The highest BCUT2D eigenvalue weighted by Gasteiger charge is 2.18. The molecule has 2 heterocycles. The maximum Gasteiger partial charge on any atom is 0.110 e. The third-order valence-electron chi connectivity index (χ3n) is 4.22. The lowest BCUT2D eigenvalue weighted by Crippen LogP contribution is -2.30. The molecule has 0 spiro atoms. The van der Waals surface area contributed by atoms with Crippen molar-refractivity contribution < 1.29 is 0 Å². The van der Waals surface area contributed by atoms with Gasteiger partial charge in [0.25, 0.3) is 0 Å². The predicted octanol–water partition coefficient (Wildman–Crippen LogP) is 3.23. The van der Waals surface area contributed by atoms with Gasteiger partial charge in [0, 0.05) is 13.0 Å². The zero-order valence-corrected chi connectivity index (χ0v) is 12.6. The highest BCUT2D eigenvalue weighted by molar-refractivity contribution is 5.75. The van der Waals surface area contributed by atoms with Crippen LogP contribution in [0, 0.1) is 11.8 Å². The summed E-state index contributed by atoms with van der Waals surface area (Å²) in [6, 6.07) is 8.57. The molecule has 0 amide bonds. The fraction of sp³-hybridized carbons (Fsp3) is 0.588. The Balaban J connectivity index is 1.92. The highest BCUT2D eigenvalue weighted by atomic mass is 15.1. The maximum absolute atomic E-state index is 4.87. The summed E-state index contributed by atoms with van der Waals surface area (Å²) >= 11 is 0. The van der Waals surface area contributed by atoms with Crippen LogP contribution in [0.1, 0.15) is 32.5 Å². The van der Waals surface area contributed by atoms with E-state index in [2.05, 4.69) is 48.0 Å². The Morgan fingerprint density at radius 1 is 1.25 bits per heavy atom. The molecule has 20 heavy (non-hydrogen) atoms. The van der Waals surface area contributed by atoms with Crippen LogP contribution in [0.2, 0.25) is 0 Å². The molecule has 0 saturated carbocycles. The summed E-state index contributed by atoms with van der Waals surface area (Å²) in [7, 11) is 0. The lowest BCUT2D eigenvalue weighted by atomic mass is 9.98. The normalized spacial score (nSPS) is 17.1. The van der Waals surface area contributed by atoms with Gasteiger partial charge in [-0.2, -0.15) is 0 Å². The minimum absolute atomic E-state index is 0.651. The Bertz CT molecular complexity index is 565. The summed E-state index contributed by atoms with van der Waals surface area (Å²) in [6.07, 6.45) is 3.64. The maximum atomic E-state index is 4.87. The first-order chi connectivity index (χ1) is 9.74. The minimum Gasteiger partial charge on any atom is -0.328 e. The molecule has 0 atom stereocenters. The third kappa shape index (κ3) is 2.88. The summed E-state index contributed by atoms with van der Waals surface area (Å²) in [5.74, 6) is 2.71. The number of imidazole rings is 1. The smallest absolute Gasteiger partial charge is 0.110 e. The topological polar surface area (TPSA) is 29.9 Å². The van der Waals surface area contributed by atoms with Crippen molar-refractivity contribution in [3.63, 3.8) is 0 Å². The lowest BCUT2D eigenvalue weighted by Gasteiger charge is -2.24. The quantitative estimate of drug-likeness (QED) is 0.925. The van der Waals surface area contributed by atoms with Gasteiger partial charge in [0.2, 0.25) is 0 Å². The number of para-hydroxylation sites is 2. The predicted molar refractivity (Wildman–Crippen MR) is 83.9 cm³/mol. The molecule has 108 valence electrons. The fourth-order valence-electron chi connectivity index (χ4n) is 3.17. The third-order valence-corrected chi connectivity index (χ3v) is 4.22. The van der Waals surface area contributed by atoms with E-state index in [-0.39, 0.29) is 0 Å². The van der Waals surface area contributed by atoms with E-state index in [1.807, 2.05) is 0 Å². The van der Waals surface area contributed by atoms with Gasteiger partial charge < -0.3 is 9.88 Å². The molecule has 1 aromatic carbocycles. The first-order valence-electron chi connectivity index (χ1n) is 7.89. The van der Waals surface area contributed by atoms with E-state index in [9.17, 15) is 0 Å². The van der Waals surface area contributed by atoms with Gasteiger partial charge in [-0.1, -0.05) is 26.0 Å². The highest BCUT2D eigenvalue weighted by Crippen LogP contribution is 2.22. The lowest BCUT2D eigenvalue weighted by molar-refractivity contribution is 0.331. The Morgan fingerprint density at radius 3 is 2.75 bits per heavy atom. The fourth-order valence-corrected chi connectivity index (χ4v) is 3.17. The van der Waals surface area contributed by atoms with E-state index in [1.54, 1.807) is 0 Å². The summed E-state index contributed by atoms with van der Waals surface area (Å²) in [5, 5.41) is 3.45. The molecule has 1 aromatic heterocycles. The van der Waals surface area contributed by atoms with Gasteiger partial charge in [-0.3, -0.25) is 0 Å². The molecule has 3 nitrogen and oxygen atoms in total. The monoisotopic (exact) mass is 271 g/mol. The summed E-state index contributed by atoms with van der Waals surface area (Å²) in [6.45, 7) is 8.00. The number of nitrogens with one attached hydrogen (secondary N) is 1. The second-order valence-corrected chi connectivity index (χ2v) is 6.42. The molecule has 1 N–H and O–H groups in total. The number of hydrogen-bond donors (Lipinski definition) is 1. The standard InChI is InChI=1S/C17H25N3/c1-13(2)11-17-19-15-5-3-4-6-16(15)20(17)12-14-7-9-18-10-8-14/h3-6,13-14,18H,7-12H2,1-2H3.